The highest BCUT2D eigenvalue weighted by Crippen LogP contribution is 2.34. The van der Waals surface area contributed by atoms with E-state index in [-0.39, 0.29) is 24.8 Å². The molecule has 2 aromatic rings. The summed E-state index contributed by atoms with van der Waals surface area (Å²) in [6, 6.07) is 12.3. The molecular weight excluding hydrogens is 304 g/mol. The second-order valence-corrected chi connectivity index (χ2v) is 5.30. The molecule has 1 heterocycles. The lowest BCUT2D eigenvalue weighted by Crippen LogP contribution is -2.27. The van der Waals surface area contributed by atoms with Crippen molar-refractivity contribution in [1.29, 1.82) is 0 Å². The van der Waals surface area contributed by atoms with Gasteiger partial charge in [0.25, 0.3) is 5.91 Å². The number of carbonyl (C=O) groups excluding carboxylic acids is 2. The average molecular weight is 317 g/mol. The van der Waals surface area contributed by atoms with Crippen molar-refractivity contribution in [3.05, 3.63) is 53.1 Å². The summed E-state index contributed by atoms with van der Waals surface area (Å²) in [4.78, 5) is 23.6. The van der Waals surface area contributed by atoms with Crippen molar-refractivity contribution in [1.82, 2.24) is 0 Å². The minimum absolute atomic E-state index is 0.0187. The molecular formula is C16H13ClN2O3. The topological polar surface area (TPSA) is 67.4 Å². The fourth-order valence-corrected chi connectivity index (χ4v) is 2.31. The summed E-state index contributed by atoms with van der Waals surface area (Å²) in [5.74, 6) is 0.117. The van der Waals surface area contributed by atoms with Gasteiger partial charge < -0.3 is 15.4 Å². The Labute approximate surface area is 132 Å². The monoisotopic (exact) mass is 316 g/mol. The van der Waals surface area contributed by atoms with Crippen LogP contribution in [0.15, 0.2) is 42.5 Å². The second-order valence-electron chi connectivity index (χ2n) is 4.87. The van der Waals surface area contributed by atoms with E-state index in [4.69, 9.17) is 16.3 Å². The van der Waals surface area contributed by atoms with Crippen LogP contribution < -0.4 is 15.4 Å². The highest BCUT2D eigenvalue weighted by atomic mass is 35.5. The molecule has 0 atom stereocenters. The summed E-state index contributed by atoms with van der Waals surface area (Å²) in [6.45, 7) is -0.0187. The maximum Gasteiger partial charge on any atom is 0.262 e. The Morgan fingerprint density at radius 2 is 2.00 bits per heavy atom. The Hall–Kier alpha value is -2.53. The van der Waals surface area contributed by atoms with Crippen LogP contribution in [-0.2, 0) is 16.0 Å². The molecule has 1 aliphatic heterocycles. The maximum absolute atomic E-state index is 12.1. The van der Waals surface area contributed by atoms with Gasteiger partial charge in [-0.15, -0.1) is 0 Å². The van der Waals surface area contributed by atoms with Crippen molar-refractivity contribution in [3.8, 4) is 5.75 Å². The molecule has 1 aliphatic rings. The number of para-hydroxylation sites is 1. The van der Waals surface area contributed by atoms with Gasteiger partial charge in [-0.2, -0.15) is 0 Å². The summed E-state index contributed by atoms with van der Waals surface area (Å²) in [5, 5.41) is 6.12. The Morgan fingerprint density at radius 1 is 1.23 bits per heavy atom. The smallest absolute Gasteiger partial charge is 0.262 e. The van der Waals surface area contributed by atoms with Crippen LogP contribution in [0.25, 0.3) is 0 Å². The number of ether oxygens (including phenoxy) is 1. The molecule has 0 unspecified atom stereocenters. The van der Waals surface area contributed by atoms with E-state index in [0.29, 0.717) is 22.1 Å². The van der Waals surface area contributed by atoms with Gasteiger partial charge in [0.1, 0.15) is 11.4 Å². The van der Waals surface area contributed by atoms with Gasteiger partial charge in [0.2, 0.25) is 5.91 Å². The predicted octanol–water partition coefficient (Wildman–Crippen LogP) is 2.85. The third-order valence-electron chi connectivity index (χ3n) is 3.20. The first-order valence-corrected chi connectivity index (χ1v) is 7.09. The summed E-state index contributed by atoms with van der Waals surface area (Å²) in [6.07, 6.45) is 0.218. The molecule has 2 N–H and O–H groups in total. The number of fused-ring (bicyclic) bond motifs is 1. The first-order valence-electron chi connectivity index (χ1n) is 6.72. The van der Waals surface area contributed by atoms with Gasteiger partial charge in [-0.25, -0.2) is 0 Å². The number of nitrogens with one attached hydrogen (secondary N) is 2. The Morgan fingerprint density at radius 3 is 2.77 bits per heavy atom. The molecule has 0 saturated heterocycles. The van der Waals surface area contributed by atoms with Crippen molar-refractivity contribution in [2.45, 2.75) is 6.42 Å². The first kappa shape index (κ1) is 14.4. The molecule has 112 valence electrons. The zero-order valence-electron chi connectivity index (χ0n) is 11.6. The number of amides is 2. The normalized spacial score (nSPS) is 12.9. The van der Waals surface area contributed by atoms with E-state index < -0.39 is 0 Å². The Kier molecular flexibility index (Phi) is 3.98. The number of hydrogen-bond acceptors (Lipinski definition) is 3. The van der Waals surface area contributed by atoms with Gasteiger partial charge >= 0.3 is 0 Å². The van der Waals surface area contributed by atoms with E-state index in [0.717, 1.165) is 5.56 Å². The SMILES string of the molecule is O=C(Cc1ccc(Cl)cc1)Nc1cccc2c1NC(=O)CO2. The fourth-order valence-electron chi connectivity index (χ4n) is 2.19. The van der Waals surface area contributed by atoms with E-state index in [2.05, 4.69) is 10.6 Å². The van der Waals surface area contributed by atoms with E-state index in [1.807, 2.05) is 0 Å². The lowest BCUT2D eigenvalue weighted by Gasteiger charge is -2.20. The summed E-state index contributed by atoms with van der Waals surface area (Å²) >= 11 is 5.82. The molecule has 0 aromatic heterocycles. The van der Waals surface area contributed by atoms with Crippen LogP contribution in [0.1, 0.15) is 5.56 Å². The molecule has 0 aliphatic carbocycles. The van der Waals surface area contributed by atoms with E-state index in [1.165, 1.54) is 0 Å². The average Bonchev–Trinajstić information content (AvgIpc) is 2.50. The maximum atomic E-state index is 12.1. The molecule has 5 nitrogen and oxygen atoms in total. The van der Waals surface area contributed by atoms with Crippen molar-refractivity contribution < 1.29 is 14.3 Å². The predicted molar refractivity (Wildman–Crippen MR) is 84.4 cm³/mol. The lowest BCUT2D eigenvalue weighted by atomic mass is 10.1. The number of benzene rings is 2. The zero-order valence-corrected chi connectivity index (χ0v) is 12.3. The van der Waals surface area contributed by atoms with E-state index in [1.54, 1.807) is 42.5 Å². The van der Waals surface area contributed by atoms with Crippen molar-refractivity contribution in [3.63, 3.8) is 0 Å². The lowest BCUT2D eigenvalue weighted by molar-refractivity contribution is -0.118. The van der Waals surface area contributed by atoms with Gasteiger partial charge in [0, 0.05) is 5.02 Å². The molecule has 0 bridgehead atoms. The van der Waals surface area contributed by atoms with E-state index in [9.17, 15) is 9.59 Å². The van der Waals surface area contributed by atoms with Crippen LogP contribution in [0.2, 0.25) is 5.02 Å². The van der Waals surface area contributed by atoms with Crippen LogP contribution in [0.5, 0.6) is 5.75 Å². The molecule has 2 amide bonds. The molecule has 0 radical (unpaired) electrons. The number of halogens is 1. The molecule has 0 saturated carbocycles. The van der Waals surface area contributed by atoms with Gasteiger partial charge in [-0.05, 0) is 29.8 Å². The summed E-state index contributed by atoms with van der Waals surface area (Å²) in [7, 11) is 0. The van der Waals surface area contributed by atoms with Crippen molar-refractivity contribution in [2.75, 3.05) is 17.2 Å². The molecule has 3 rings (SSSR count). The highest BCUT2D eigenvalue weighted by Gasteiger charge is 2.19. The third-order valence-corrected chi connectivity index (χ3v) is 3.45. The zero-order chi connectivity index (χ0) is 15.5. The van der Waals surface area contributed by atoms with Crippen LogP contribution in [0, 0.1) is 0 Å². The van der Waals surface area contributed by atoms with Crippen molar-refractivity contribution >= 4 is 34.8 Å². The van der Waals surface area contributed by atoms with Gasteiger partial charge in [-0.3, -0.25) is 9.59 Å². The number of hydrogen-bond donors (Lipinski definition) is 2. The molecule has 2 aromatic carbocycles. The largest absolute Gasteiger partial charge is 0.481 e. The Balaban J connectivity index is 1.74. The van der Waals surface area contributed by atoms with Crippen LogP contribution >= 0.6 is 11.6 Å². The third kappa shape index (κ3) is 3.20. The van der Waals surface area contributed by atoms with Gasteiger partial charge in [0.15, 0.2) is 6.61 Å². The quantitative estimate of drug-likeness (QED) is 0.915. The van der Waals surface area contributed by atoms with Crippen LogP contribution in [0.3, 0.4) is 0 Å². The van der Waals surface area contributed by atoms with Crippen LogP contribution in [-0.4, -0.2) is 18.4 Å². The van der Waals surface area contributed by atoms with Crippen LogP contribution in [0.4, 0.5) is 11.4 Å². The van der Waals surface area contributed by atoms with Gasteiger partial charge in [0.05, 0.1) is 12.1 Å². The number of rotatable bonds is 3. The second kappa shape index (κ2) is 6.07. The molecule has 0 spiro atoms. The van der Waals surface area contributed by atoms with E-state index >= 15 is 0 Å². The summed E-state index contributed by atoms with van der Waals surface area (Å²) in [5.41, 5.74) is 1.86. The fraction of sp³-hybridized carbons (Fsp3) is 0.125. The minimum Gasteiger partial charge on any atom is -0.481 e. The highest BCUT2D eigenvalue weighted by molar-refractivity contribution is 6.30. The first-order chi connectivity index (χ1) is 10.6. The minimum atomic E-state index is -0.244. The van der Waals surface area contributed by atoms with Crippen molar-refractivity contribution in [2.24, 2.45) is 0 Å². The number of carbonyl (C=O) groups is 2. The standard InChI is InChI=1S/C16H13ClN2O3/c17-11-6-4-10(5-7-11)8-14(20)18-12-2-1-3-13-16(12)19-15(21)9-22-13/h1-7H,8-9H2,(H,18,20)(H,19,21). The molecule has 22 heavy (non-hydrogen) atoms. The van der Waals surface area contributed by atoms with Gasteiger partial charge in [-0.1, -0.05) is 29.8 Å². The molecule has 6 heteroatoms. The number of anilines is 2. The summed E-state index contributed by atoms with van der Waals surface area (Å²) < 4.78 is 5.31. The Bertz CT molecular complexity index is 729. The molecule has 0 fully saturated rings.